The van der Waals surface area contributed by atoms with Gasteiger partial charge in [-0.25, -0.2) is 9.07 Å². The average molecular weight is 398 g/mol. The van der Waals surface area contributed by atoms with Crippen molar-refractivity contribution in [3.05, 3.63) is 66.1 Å². The molecule has 3 aromatic rings. The molecule has 0 unspecified atom stereocenters. The Labute approximate surface area is 168 Å². The summed E-state index contributed by atoms with van der Waals surface area (Å²) >= 11 is 0. The zero-order valence-electron chi connectivity index (χ0n) is 16.0. The maximum Gasteiger partial charge on any atom is 0.123 e. The van der Waals surface area contributed by atoms with E-state index in [-0.39, 0.29) is 24.6 Å². The molecular weight excluding hydrogens is 375 g/mol. The lowest BCUT2D eigenvalue weighted by atomic mass is 10.1. The fourth-order valence-corrected chi connectivity index (χ4v) is 3.48. The first kappa shape index (κ1) is 19.5. The summed E-state index contributed by atoms with van der Waals surface area (Å²) < 4.78 is 26.1. The number of aromatic nitrogens is 3. The SMILES string of the molecule is COc1cccc(CN[C@@H]2[C@@H](O)CO[C@@H]2Cn2cc(-c3cccc(F)c3)nn2)c1. The van der Waals surface area contributed by atoms with Gasteiger partial charge >= 0.3 is 0 Å². The molecule has 29 heavy (non-hydrogen) atoms. The third-order valence-corrected chi connectivity index (χ3v) is 5.00. The molecule has 7 nitrogen and oxygen atoms in total. The molecule has 2 aromatic carbocycles. The van der Waals surface area contributed by atoms with Crippen LogP contribution in [0.25, 0.3) is 11.3 Å². The summed E-state index contributed by atoms with van der Waals surface area (Å²) in [7, 11) is 1.63. The Morgan fingerprint density at radius 1 is 1.28 bits per heavy atom. The molecule has 1 fully saturated rings. The van der Waals surface area contributed by atoms with Crippen LogP contribution in [-0.2, 0) is 17.8 Å². The van der Waals surface area contributed by atoms with Crippen LogP contribution in [0, 0.1) is 5.82 Å². The smallest absolute Gasteiger partial charge is 0.123 e. The molecule has 0 amide bonds. The molecule has 4 rings (SSSR count). The molecule has 1 aliphatic rings. The minimum absolute atomic E-state index is 0.247. The number of rotatable bonds is 7. The lowest BCUT2D eigenvalue weighted by Crippen LogP contribution is -2.45. The first-order valence-corrected chi connectivity index (χ1v) is 9.44. The van der Waals surface area contributed by atoms with Gasteiger partial charge in [0.15, 0.2) is 0 Å². The van der Waals surface area contributed by atoms with Crippen LogP contribution in [-0.4, -0.2) is 52.1 Å². The highest BCUT2D eigenvalue weighted by Crippen LogP contribution is 2.20. The largest absolute Gasteiger partial charge is 0.497 e. The van der Waals surface area contributed by atoms with Gasteiger partial charge in [0.2, 0.25) is 0 Å². The second kappa shape index (κ2) is 8.69. The number of nitrogens with one attached hydrogen (secondary N) is 1. The van der Waals surface area contributed by atoms with E-state index in [1.54, 1.807) is 30.1 Å². The van der Waals surface area contributed by atoms with Gasteiger partial charge in [0.1, 0.15) is 17.3 Å². The summed E-state index contributed by atoms with van der Waals surface area (Å²) in [6.45, 7) is 1.26. The topological polar surface area (TPSA) is 81.4 Å². The molecule has 2 N–H and O–H groups in total. The van der Waals surface area contributed by atoms with Crippen molar-refractivity contribution in [1.82, 2.24) is 20.3 Å². The van der Waals surface area contributed by atoms with E-state index in [9.17, 15) is 9.50 Å². The Bertz CT molecular complexity index is 964. The number of hydrogen-bond acceptors (Lipinski definition) is 6. The lowest BCUT2D eigenvalue weighted by molar-refractivity contribution is 0.0741. The second-order valence-electron chi connectivity index (χ2n) is 7.03. The van der Waals surface area contributed by atoms with Crippen LogP contribution < -0.4 is 10.1 Å². The molecule has 1 aromatic heterocycles. The van der Waals surface area contributed by atoms with E-state index in [2.05, 4.69) is 15.6 Å². The van der Waals surface area contributed by atoms with Gasteiger partial charge in [-0.3, -0.25) is 0 Å². The first-order valence-electron chi connectivity index (χ1n) is 9.44. The zero-order chi connectivity index (χ0) is 20.2. The number of methoxy groups -OCH3 is 1. The molecule has 0 aliphatic carbocycles. The fourth-order valence-electron chi connectivity index (χ4n) is 3.48. The van der Waals surface area contributed by atoms with E-state index in [4.69, 9.17) is 9.47 Å². The van der Waals surface area contributed by atoms with Crippen molar-refractivity contribution in [2.45, 2.75) is 31.3 Å². The van der Waals surface area contributed by atoms with Gasteiger partial charge in [-0.2, -0.15) is 0 Å². The van der Waals surface area contributed by atoms with Crippen LogP contribution in [0.4, 0.5) is 4.39 Å². The fraction of sp³-hybridized carbons (Fsp3) is 0.333. The second-order valence-corrected chi connectivity index (χ2v) is 7.03. The van der Waals surface area contributed by atoms with Crippen LogP contribution in [0.5, 0.6) is 5.75 Å². The predicted molar refractivity (Wildman–Crippen MR) is 105 cm³/mol. The van der Waals surface area contributed by atoms with Crippen molar-refractivity contribution in [1.29, 1.82) is 0 Å². The summed E-state index contributed by atoms with van der Waals surface area (Å²) in [5.41, 5.74) is 2.30. The normalized spacial score (nSPS) is 21.4. The lowest BCUT2D eigenvalue weighted by Gasteiger charge is -2.21. The van der Waals surface area contributed by atoms with E-state index < -0.39 is 6.10 Å². The van der Waals surface area contributed by atoms with E-state index in [0.29, 0.717) is 24.3 Å². The first-order chi connectivity index (χ1) is 14.1. The quantitative estimate of drug-likeness (QED) is 0.634. The number of aliphatic hydroxyl groups excluding tert-OH is 1. The van der Waals surface area contributed by atoms with Crippen molar-refractivity contribution in [2.24, 2.45) is 0 Å². The maximum atomic E-state index is 13.4. The minimum atomic E-state index is -0.614. The Balaban J connectivity index is 1.41. The van der Waals surface area contributed by atoms with Crippen molar-refractivity contribution in [3.8, 4) is 17.0 Å². The number of benzene rings is 2. The Morgan fingerprint density at radius 2 is 2.14 bits per heavy atom. The van der Waals surface area contributed by atoms with Crippen LogP contribution >= 0.6 is 0 Å². The Kier molecular flexibility index (Phi) is 5.84. The number of ether oxygens (including phenoxy) is 2. The summed E-state index contributed by atoms with van der Waals surface area (Å²) in [5, 5.41) is 21.9. The standard InChI is InChI=1S/C21H23FN4O3/c1-28-17-7-2-4-14(8-17)10-23-21-19(27)13-29-20(21)12-26-11-18(24-25-26)15-5-3-6-16(22)9-15/h2-9,11,19-21,23,27H,10,12-13H2,1H3/t19-,20+,21+/m0/s1. The molecule has 2 heterocycles. The van der Waals surface area contributed by atoms with Crippen molar-refractivity contribution < 1.29 is 19.0 Å². The van der Waals surface area contributed by atoms with Gasteiger partial charge in [0.25, 0.3) is 0 Å². The summed E-state index contributed by atoms with van der Waals surface area (Å²) in [4.78, 5) is 0. The molecule has 0 saturated carbocycles. The highest BCUT2D eigenvalue weighted by molar-refractivity contribution is 5.57. The van der Waals surface area contributed by atoms with Crippen molar-refractivity contribution >= 4 is 0 Å². The van der Waals surface area contributed by atoms with E-state index in [1.165, 1.54) is 12.1 Å². The van der Waals surface area contributed by atoms with E-state index >= 15 is 0 Å². The molecular formula is C21H23FN4O3. The Morgan fingerprint density at radius 3 is 2.97 bits per heavy atom. The average Bonchev–Trinajstić information content (AvgIpc) is 3.34. The van der Waals surface area contributed by atoms with Gasteiger partial charge in [0, 0.05) is 12.1 Å². The molecule has 0 radical (unpaired) electrons. The molecule has 0 bridgehead atoms. The highest BCUT2D eigenvalue weighted by Gasteiger charge is 2.36. The highest BCUT2D eigenvalue weighted by atomic mass is 19.1. The van der Waals surface area contributed by atoms with Crippen LogP contribution in [0.15, 0.2) is 54.7 Å². The molecule has 0 spiro atoms. The molecule has 152 valence electrons. The minimum Gasteiger partial charge on any atom is -0.497 e. The van der Waals surface area contributed by atoms with Gasteiger partial charge < -0.3 is 19.9 Å². The van der Waals surface area contributed by atoms with Gasteiger partial charge in [-0.15, -0.1) is 5.10 Å². The number of aliphatic hydroxyl groups is 1. The molecule has 8 heteroatoms. The van der Waals surface area contributed by atoms with Gasteiger partial charge in [0.05, 0.1) is 44.7 Å². The maximum absolute atomic E-state index is 13.4. The van der Waals surface area contributed by atoms with Crippen LogP contribution in [0.1, 0.15) is 5.56 Å². The van der Waals surface area contributed by atoms with Crippen molar-refractivity contribution in [2.75, 3.05) is 13.7 Å². The zero-order valence-corrected chi connectivity index (χ0v) is 16.0. The van der Waals surface area contributed by atoms with Gasteiger partial charge in [-0.05, 0) is 29.8 Å². The monoisotopic (exact) mass is 398 g/mol. The predicted octanol–water partition coefficient (Wildman–Crippen LogP) is 2.01. The summed E-state index contributed by atoms with van der Waals surface area (Å²) in [5.74, 6) is 0.470. The van der Waals surface area contributed by atoms with E-state index in [1.807, 2.05) is 24.3 Å². The molecule has 1 saturated heterocycles. The Hall–Kier alpha value is -2.81. The van der Waals surface area contributed by atoms with Gasteiger partial charge in [-0.1, -0.05) is 29.5 Å². The van der Waals surface area contributed by atoms with Crippen molar-refractivity contribution in [3.63, 3.8) is 0 Å². The number of nitrogens with zero attached hydrogens (tertiary/aromatic N) is 3. The summed E-state index contributed by atoms with van der Waals surface area (Å²) in [6.07, 6.45) is 0.872. The van der Waals surface area contributed by atoms with Crippen LogP contribution in [0.2, 0.25) is 0 Å². The third-order valence-electron chi connectivity index (χ3n) is 5.00. The van der Waals surface area contributed by atoms with E-state index in [0.717, 1.165) is 11.3 Å². The summed E-state index contributed by atoms with van der Waals surface area (Å²) in [6, 6.07) is 13.7. The number of hydrogen-bond donors (Lipinski definition) is 2. The number of halogens is 1. The molecule has 1 aliphatic heterocycles. The third kappa shape index (κ3) is 4.61. The van der Waals surface area contributed by atoms with Crippen LogP contribution in [0.3, 0.4) is 0 Å². The molecule has 3 atom stereocenters.